The number of amides is 1. The quantitative estimate of drug-likeness (QED) is 0.385. The smallest absolute Gasteiger partial charge is 0.263 e. The molecular formula is C25H27ClN2O4S. The first kappa shape index (κ1) is 24.6. The van der Waals surface area contributed by atoms with E-state index in [9.17, 15) is 13.2 Å². The summed E-state index contributed by atoms with van der Waals surface area (Å²) in [5.41, 5.74) is 2.64. The highest BCUT2D eigenvalue weighted by atomic mass is 35.5. The molecule has 8 heteroatoms. The molecule has 2 N–H and O–H groups in total. The first-order valence-corrected chi connectivity index (χ1v) is 12.5. The largest absolute Gasteiger partial charge is 0.494 e. The number of para-hydroxylation sites is 1. The van der Waals surface area contributed by atoms with E-state index < -0.39 is 10.0 Å². The van der Waals surface area contributed by atoms with Gasteiger partial charge in [0.2, 0.25) is 0 Å². The third-order valence-electron chi connectivity index (χ3n) is 4.93. The van der Waals surface area contributed by atoms with Gasteiger partial charge in [0.15, 0.2) is 0 Å². The maximum Gasteiger partial charge on any atom is 0.263 e. The number of hydrogen-bond acceptors (Lipinski definition) is 4. The summed E-state index contributed by atoms with van der Waals surface area (Å²) in [6, 6.07) is 19.0. The van der Waals surface area contributed by atoms with Crippen LogP contribution in [0.3, 0.4) is 0 Å². The molecule has 0 bridgehead atoms. The van der Waals surface area contributed by atoms with Crippen molar-refractivity contribution < 1.29 is 17.9 Å². The molecule has 0 atom stereocenters. The van der Waals surface area contributed by atoms with Crippen molar-refractivity contribution in [3.05, 3.63) is 88.4 Å². The Labute approximate surface area is 200 Å². The minimum atomic E-state index is -3.96. The first-order chi connectivity index (χ1) is 15.8. The van der Waals surface area contributed by atoms with Crippen molar-refractivity contribution in [3.63, 3.8) is 0 Å². The number of hydrogen-bond donors (Lipinski definition) is 2. The van der Waals surface area contributed by atoms with Gasteiger partial charge in [-0.15, -0.1) is 0 Å². The van der Waals surface area contributed by atoms with Crippen molar-refractivity contribution in [1.82, 2.24) is 5.32 Å². The fourth-order valence-electron chi connectivity index (χ4n) is 3.36. The summed E-state index contributed by atoms with van der Waals surface area (Å²) in [5.74, 6) is 0.483. The Morgan fingerprint density at radius 1 is 1.03 bits per heavy atom. The van der Waals surface area contributed by atoms with Gasteiger partial charge in [0, 0.05) is 17.8 Å². The molecule has 6 nitrogen and oxygen atoms in total. The lowest BCUT2D eigenvalue weighted by atomic mass is 10.1. The Balaban J connectivity index is 1.64. The first-order valence-electron chi connectivity index (χ1n) is 10.7. The van der Waals surface area contributed by atoms with Crippen molar-refractivity contribution >= 4 is 33.2 Å². The van der Waals surface area contributed by atoms with Gasteiger partial charge in [-0.05, 0) is 74.2 Å². The zero-order chi connectivity index (χ0) is 23.8. The summed E-state index contributed by atoms with van der Waals surface area (Å²) >= 11 is 6.16. The molecule has 0 radical (unpaired) electrons. The van der Waals surface area contributed by atoms with Crippen molar-refractivity contribution in [1.29, 1.82) is 0 Å². The van der Waals surface area contributed by atoms with Crippen LogP contribution in [0.1, 0.15) is 34.8 Å². The lowest BCUT2D eigenvalue weighted by Gasteiger charge is -2.12. The van der Waals surface area contributed by atoms with Crippen LogP contribution in [0.2, 0.25) is 5.02 Å². The molecule has 3 aromatic carbocycles. The molecule has 0 saturated heterocycles. The highest BCUT2D eigenvalue weighted by Gasteiger charge is 2.20. The van der Waals surface area contributed by atoms with E-state index in [-0.39, 0.29) is 21.4 Å². The van der Waals surface area contributed by atoms with Gasteiger partial charge in [0.05, 0.1) is 11.6 Å². The summed E-state index contributed by atoms with van der Waals surface area (Å²) in [6.07, 6.45) is 1.46. The third-order valence-corrected chi connectivity index (χ3v) is 6.80. The average molecular weight is 487 g/mol. The molecular weight excluding hydrogens is 460 g/mol. The van der Waals surface area contributed by atoms with E-state index in [2.05, 4.69) is 10.0 Å². The fraction of sp³-hybridized carbons (Fsp3) is 0.240. The number of halogens is 1. The molecule has 0 fully saturated rings. The van der Waals surface area contributed by atoms with Crippen LogP contribution in [0, 0.1) is 6.92 Å². The van der Waals surface area contributed by atoms with Crippen LogP contribution >= 0.6 is 11.6 Å². The number of benzene rings is 3. The minimum absolute atomic E-state index is 0.0410. The Kier molecular flexibility index (Phi) is 8.36. The number of carbonyl (C=O) groups excluding carboxylic acids is 1. The zero-order valence-corrected chi connectivity index (χ0v) is 20.2. The van der Waals surface area contributed by atoms with Gasteiger partial charge < -0.3 is 10.1 Å². The molecule has 3 rings (SSSR count). The van der Waals surface area contributed by atoms with Crippen molar-refractivity contribution in [2.75, 3.05) is 17.9 Å². The van der Waals surface area contributed by atoms with Crippen molar-refractivity contribution in [2.45, 2.75) is 31.6 Å². The number of sulfonamides is 1. The van der Waals surface area contributed by atoms with Crippen LogP contribution in [0.25, 0.3) is 0 Å². The molecule has 33 heavy (non-hydrogen) atoms. The number of rotatable bonds is 10. The molecule has 0 aromatic heterocycles. The second kappa shape index (κ2) is 11.2. The summed E-state index contributed by atoms with van der Waals surface area (Å²) in [7, 11) is -3.96. The van der Waals surface area contributed by atoms with Crippen LogP contribution in [0.5, 0.6) is 5.75 Å². The van der Waals surface area contributed by atoms with Crippen molar-refractivity contribution in [3.8, 4) is 5.75 Å². The second-order valence-electron chi connectivity index (χ2n) is 7.52. The number of aryl methyl sites for hydroxylation is 2. The van der Waals surface area contributed by atoms with Crippen molar-refractivity contribution in [2.24, 2.45) is 0 Å². The maximum absolute atomic E-state index is 12.9. The number of nitrogens with one attached hydrogen (secondary N) is 2. The van der Waals surface area contributed by atoms with Crippen LogP contribution in [0.4, 0.5) is 5.69 Å². The summed E-state index contributed by atoms with van der Waals surface area (Å²) in [4.78, 5) is 12.5. The van der Waals surface area contributed by atoms with Gasteiger partial charge in [0.25, 0.3) is 15.9 Å². The maximum atomic E-state index is 12.9. The third kappa shape index (κ3) is 6.73. The van der Waals surface area contributed by atoms with Gasteiger partial charge in [-0.2, -0.15) is 0 Å². The minimum Gasteiger partial charge on any atom is -0.494 e. The van der Waals surface area contributed by atoms with Gasteiger partial charge in [-0.3, -0.25) is 9.52 Å². The standard InChI is InChI=1S/C25H27ClN2O4S/c1-3-32-23-12-5-4-9-19(23)10-7-15-27-25(29)20-13-14-22(26)24(17-20)33(30,31)28-21-11-6-8-18(2)16-21/h4-6,8-9,11-14,16-17,28H,3,7,10,15H2,1-2H3,(H,27,29). The van der Waals surface area contributed by atoms with Gasteiger partial charge in [0.1, 0.15) is 10.6 Å². The van der Waals surface area contributed by atoms with Gasteiger partial charge >= 0.3 is 0 Å². The zero-order valence-electron chi connectivity index (χ0n) is 18.6. The lowest BCUT2D eigenvalue weighted by molar-refractivity contribution is 0.0953. The second-order valence-corrected chi connectivity index (χ2v) is 9.58. The normalized spacial score (nSPS) is 11.1. The Hall–Kier alpha value is -3.03. The van der Waals surface area contributed by atoms with E-state index in [1.807, 2.05) is 44.2 Å². The van der Waals surface area contributed by atoms with Crippen LogP contribution in [0.15, 0.2) is 71.6 Å². The van der Waals surface area contributed by atoms with E-state index in [0.29, 0.717) is 25.3 Å². The molecule has 0 aliphatic carbocycles. The Bertz CT molecular complexity index is 1230. The number of carbonyl (C=O) groups is 1. The molecule has 0 aliphatic heterocycles. The molecule has 0 spiro atoms. The predicted octanol–water partition coefficient (Wildman–Crippen LogP) is 5.21. The highest BCUT2D eigenvalue weighted by molar-refractivity contribution is 7.92. The topological polar surface area (TPSA) is 84.5 Å². The van der Waals surface area contributed by atoms with Gasteiger partial charge in [-0.25, -0.2) is 8.42 Å². The van der Waals surface area contributed by atoms with E-state index in [0.717, 1.165) is 23.3 Å². The SMILES string of the molecule is CCOc1ccccc1CCCNC(=O)c1ccc(Cl)c(S(=O)(=O)Nc2cccc(C)c2)c1. The van der Waals surface area contributed by atoms with Crippen LogP contribution < -0.4 is 14.8 Å². The summed E-state index contributed by atoms with van der Waals surface area (Å²) in [5, 5.41) is 2.88. The Morgan fingerprint density at radius 2 is 1.82 bits per heavy atom. The molecule has 3 aromatic rings. The predicted molar refractivity (Wildman–Crippen MR) is 132 cm³/mol. The van der Waals surface area contributed by atoms with E-state index in [4.69, 9.17) is 16.3 Å². The van der Waals surface area contributed by atoms with Crippen LogP contribution in [-0.4, -0.2) is 27.5 Å². The van der Waals surface area contributed by atoms with Gasteiger partial charge in [-0.1, -0.05) is 41.9 Å². The summed E-state index contributed by atoms with van der Waals surface area (Å²) < 4.78 is 33.9. The molecule has 0 heterocycles. The molecule has 0 saturated carbocycles. The molecule has 0 unspecified atom stereocenters. The van der Waals surface area contributed by atoms with E-state index >= 15 is 0 Å². The van der Waals surface area contributed by atoms with E-state index in [1.165, 1.54) is 18.2 Å². The van der Waals surface area contributed by atoms with E-state index in [1.54, 1.807) is 18.2 Å². The molecule has 1 amide bonds. The number of anilines is 1. The molecule has 0 aliphatic rings. The Morgan fingerprint density at radius 3 is 2.58 bits per heavy atom. The monoisotopic (exact) mass is 486 g/mol. The van der Waals surface area contributed by atoms with Crippen LogP contribution in [-0.2, 0) is 16.4 Å². The fourth-order valence-corrected chi connectivity index (χ4v) is 4.94. The molecule has 174 valence electrons. The lowest BCUT2D eigenvalue weighted by Crippen LogP contribution is -2.25. The number of ether oxygens (including phenoxy) is 1. The summed E-state index contributed by atoms with van der Waals surface area (Å²) in [6.45, 7) is 4.83. The average Bonchev–Trinajstić information content (AvgIpc) is 2.77. The highest BCUT2D eigenvalue weighted by Crippen LogP contribution is 2.25.